The van der Waals surface area contributed by atoms with E-state index in [9.17, 15) is 4.79 Å². The van der Waals surface area contributed by atoms with Crippen LogP contribution in [0.1, 0.15) is 55.4 Å². The molecule has 42 rings (SSSR count). The van der Waals surface area contributed by atoms with Gasteiger partial charge >= 0.3 is 11.9 Å². The van der Waals surface area contributed by atoms with Crippen LogP contribution in [0.5, 0.6) is 0 Å². The lowest BCUT2D eigenvalue weighted by Gasteiger charge is -2.32. The Balaban J connectivity index is 0.375. The lowest BCUT2D eigenvalue weighted by Crippen LogP contribution is -2.27. The summed E-state index contributed by atoms with van der Waals surface area (Å²) in [5.41, 5.74) is 19.8. The number of nitrogens with zero attached hydrogens (tertiary/aromatic N) is 2. The van der Waals surface area contributed by atoms with Crippen LogP contribution in [0.15, 0.2) is 140 Å². The van der Waals surface area contributed by atoms with Crippen LogP contribution in [-0.2, 0) is 39.3 Å². The van der Waals surface area contributed by atoms with Crippen LogP contribution in [0, 0.1) is 5.92 Å². The zero-order chi connectivity index (χ0) is 79.1. The third-order valence-electron chi connectivity index (χ3n) is 35.5. The van der Waals surface area contributed by atoms with E-state index in [4.69, 9.17) is 33.7 Å². The average Bonchev–Trinajstić information content (AvgIpc) is 1.36. The van der Waals surface area contributed by atoms with E-state index in [2.05, 4.69) is 131 Å². The standard InChI is InChI=1S/C115H46N4O7/c120-112(40-18-16-39(17-19-40)52-47-26-24-45(118-47)50(37-12-6-2-7-13-37)43-22-20-41(116-43)49(36-10-4-1-5-11-36)42-21-23-44(117-42)51(38-14-8-3-9-15-38)46-25-27-48(52)119-46)125-34-32-123-30-28-122-29-31-124-33-35-126-113(121)111-114-107-99-91-81-71-63-55-53-54-57-61-59(55)67-75-69(61)79-73-65(57)66-58(54)62-60-56(53)64(63)72-78-68(60)76-70(62)80-74(66)84-83(73)93-87(79)97-89(75)95(85(91)77(67)71)103(107)105(97)109-101(93)102-94(84)88(80)98-90(76)96-86(78)92(82(72)81)100(99)108(114)104(96)106(98)110(102)115(109,111)114/h1-27,111,116,119H,28-35H2. The molecule has 2 spiro atoms. The molecule has 32 aromatic carbocycles. The number of hydrogen-bond donors (Lipinski definition) is 2. The van der Waals surface area contributed by atoms with Gasteiger partial charge in [-0.25, -0.2) is 14.8 Å². The van der Waals surface area contributed by atoms with Crippen LogP contribution >= 0.6 is 0 Å². The molecule has 1 fully saturated rings. The Morgan fingerprint density at radius 1 is 0.238 bits per heavy atom. The monoisotopic (exact) mass is 1590 g/mol. The van der Waals surface area contributed by atoms with Crippen molar-refractivity contribution in [3.63, 3.8) is 0 Å². The van der Waals surface area contributed by atoms with Gasteiger partial charge in [0.2, 0.25) is 0 Å². The number of esters is 2. The molecule has 0 atom stereocenters. The van der Waals surface area contributed by atoms with Crippen molar-refractivity contribution in [1.82, 2.24) is 19.9 Å². The molecule has 0 amide bonds. The minimum Gasteiger partial charge on any atom is -0.463 e. The number of carbonyl (C=O) groups excluding carboxylic acids is 2. The molecule has 2 aliphatic heterocycles. The van der Waals surface area contributed by atoms with E-state index in [1.165, 1.54) is 152 Å². The van der Waals surface area contributed by atoms with Gasteiger partial charge in [-0.05, 0) is 396 Å². The SMILES string of the molecule is O=C(OCCOCCOCCOCCOC(=O)C1C23c4c5c6c7c8c9c(c%10c%11c2c2c4c4c%12c5c5c6c6c8c8c%13c9c9c%10c%10c%11c%11c2c2c4c4c%12c%12c5c5c6c8c6c8c%13c9c9c%10c%10c%11c2c2c4c4c%12c5c6c5c8c9c%10c2c45)C713)c1ccc(-c2c3nc(c(-c4ccccc4)c4ccc([nH]4)c(-c4ccccc4)c4nc(c(-c5ccccc5)c5ccc2[nH]5)C=C4)C=C3)cc1. The van der Waals surface area contributed by atoms with E-state index >= 15 is 4.79 Å². The van der Waals surface area contributed by atoms with Crippen LogP contribution in [0.2, 0.25) is 0 Å². The average molecular weight is 1600 g/mol. The van der Waals surface area contributed by atoms with Crippen LogP contribution in [0.4, 0.5) is 0 Å². The van der Waals surface area contributed by atoms with Crippen molar-refractivity contribution in [2.24, 2.45) is 5.92 Å². The van der Waals surface area contributed by atoms with Gasteiger partial charge in [-0.3, -0.25) is 4.79 Å². The van der Waals surface area contributed by atoms with Gasteiger partial charge in [-0.2, -0.15) is 0 Å². The molecule has 5 aliphatic carbocycles. The van der Waals surface area contributed by atoms with E-state index in [0.29, 0.717) is 32.0 Å². The maximum absolute atomic E-state index is 16.8. The van der Waals surface area contributed by atoms with Crippen LogP contribution in [-0.4, -0.2) is 84.7 Å². The van der Waals surface area contributed by atoms with Gasteiger partial charge in [-0.15, -0.1) is 0 Å². The fourth-order valence-corrected chi connectivity index (χ4v) is 32.9. The Morgan fingerprint density at radius 3 is 0.683 bits per heavy atom. The van der Waals surface area contributed by atoms with Crippen molar-refractivity contribution in [2.45, 2.75) is 10.8 Å². The molecule has 11 nitrogen and oxygen atoms in total. The Morgan fingerprint density at radius 2 is 0.444 bits per heavy atom. The third kappa shape index (κ3) is 4.86. The predicted octanol–water partition coefficient (Wildman–Crippen LogP) is 27.0. The molecule has 1 saturated carbocycles. The number of carbonyl (C=O) groups is 2. The van der Waals surface area contributed by atoms with E-state index in [-0.39, 0.29) is 32.4 Å². The topological polar surface area (TPSA) is 138 Å². The first kappa shape index (κ1) is 58.7. The minimum absolute atomic E-state index is 0.0732. The number of rotatable bonds is 18. The van der Waals surface area contributed by atoms with Crippen molar-refractivity contribution in [3.05, 3.63) is 190 Å². The molecule has 0 saturated heterocycles. The number of nitrogens with one attached hydrogen (secondary N) is 2. The summed E-state index contributed by atoms with van der Waals surface area (Å²) in [5, 5.41) is 83.5. The van der Waals surface area contributed by atoms with Gasteiger partial charge in [0.15, 0.2) is 0 Å². The van der Waals surface area contributed by atoms with Gasteiger partial charge in [0.1, 0.15) is 13.2 Å². The van der Waals surface area contributed by atoms with E-state index in [1.54, 1.807) is 162 Å². The Hall–Kier alpha value is -15.2. The first-order valence-electron chi connectivity index (χ1n) is 44.8. The van der Waals surface area contributed by atoms with Crippen LogP contribution in [0.25, 0.3) is 382 Å². The van der Waals surface area contributed by atoms with Crippen molar-refractivity contribution < 1.29 is 33.3 Å². The number of aromatic nitrogens is 4. The van der Waals surface area contributed by atoms with Crippen molar-refractivity contribution in [2.75, 3.05) is 52.9 Å². The smallest absolute Gasteiger partial charge is 0.338 e. The maximum atomic E-state index is 16.8. The molecule has 7 aliphatic rings. The zero-order valence-electron chi connectivity index (χ0n) is 66.1. The predicted molar refractivity (Wildman–Crippen MR) is 512 cm³/mol. The van der Waals surface area contributed by atoms with Crippen molar-refractivity contribution >= 4 is 349 Å². The second-order valence-electron chi connectivity index (χ2n) is 39.1. The molecule has 35 aromatic rings. The molecular weight excluding hydrogens is 1550 g/mol. The van der Waals surface area contributed by atoms with Crippen LogP contribution < -0.4 is 0 Å². The highest BCUT2D eigenvalue weighted by molar-refractivity contribution is 6.82. The summed E-state index contributed by atoms with van der Waals surface area (Å²) in [4.78, 5) is 49.3. The highest BCUT2D eigenvalue weighted by Crippen LogP contribution is 2.93. The summed E-state index contributed by atoms with van der Waals surface area (Å²) in [6.07, 6.45) is 8.41. The third-order valence-corrected chi connectivity index (χ3v) is 35.5. The summed E-state index contributed by atoms with van der Waals surface area (Å²) >= 11 is 0. The van der Waals surface area contributed by atoms with Gasteiger partial charge in [0.25, 0.3) is 0 Å². The summed E-state index contributed by atoms with van der Waals surface area (Å²) < 4.78 is 31.2. The van der Waals surface area contributed by atoms with Crippen molar-refractivity contribution in [1.29, 1.82) is 0 Å². The second kappa shape index (κ2) is 17.2. The van der Waals surface area contributed by atoms with Gasteiger partial charge < -0.3 is 33.7 Å². The molecular formula is C115H46N4O7. The largest absolute Gasteiger partial charge is 0.463 e. The van der Waals surface area contributed by atoms with E-state index in [1.807, 2.05) is 42.5 Å². The fourth-order valence-electron chi connectivity index (χ4n) is 32.9. The maximum Gasteiger partial charge on any atom is 0.338 e. The van der Waals surface area contributed by atoms with Crippen LogP contribution in [0.3, 0.4) is 0 Å². The summed E-state index contributed by atoms with van der Waals surface area (Å²) in [6, 6.07) is 47.4. The molecule has 0 unspecified atom stereocenters. The molecule has 126 heavy (non-hydrogen) atoms. The number of benzene rings is 22. The van der Waals surface area contributed by atoms with Crippen molar-refractivity contribution in [3.8, 4) is 44.5 Å². The number of H-pyrrole nitrogens is 2. The molecule has 2 N–H and O–H groups in total. The lowest BCUT2D eigenvalue weighted by atomic mass is 9.68. The Kier molecular flexibility index (Phi) is 8.01. The molecule has 8 bridgehead atoms. The zero-order valence-corrected chi connectivity index (χ0v) is 66.1. The van der Waals surface area contributed by atoms with Gasteiger partial charge in [0.05, 0.1) is 84.7 Å². The molecule has 5 heterocycles. The van der Waals surface area contributed by atoms with Gasteiger partial charge in [0, 0.05) is 44.3 Å². The number of hydrogen-bond acceptors (Lipinski definition) is 9. The normalized spacial score (nSPS) is 18.3. The number of fused-ring (bicyclic) bond motifs is 8. The minimum atomic E-state index is -0.640. The second-order valence-corrected chi connectivity index (χ2v) is 39.1. The summed E-state index contributed by atoms with van der Waals surface area (Å²) in [7, 11) is 0. The first-order chi connectivity index (χ1) is 62.6. The number of ether oxygens (including phenoxy) is 5. The molecule has 0 radical (unpaired) electrons. The first-order valence-corrected chi connectivity index (χ1v) is 44.8. The molecule has 3 aromatic heterocycles. The lowest BCUT2D eigenvalue weighted by molar-refractivity contribution is -0.147. The summed E-state index contributed by atoms with van der Waals surface area (Å²) in [5.74, 6) is -0.970. The quantitative estimate of drug-likeness (QED) is 0.0489. The Bertz CT molecular complexity index is 10500. The fraction of sp³-hybridized carbons (Fsp3) is 0.0957. The highest BCUT2D eigenvalue weighted by Gasteiger charge is 2.89. The number of aromatic amines is 2. The van der Waals surface area contributed by atoms with Gasteiger partial charge in [-0.1, -0.05) is 103 Å². The molecule has 11 heteroatoms. The highest BCUT2D eigenvalue weighted by atomic mass is 16.6. The Labute approximate surface area is 702 Å². The molecule has 568 valence electrons. The van der Waals surface area contributed by atoms with E-state index in [0.717, 1.165) is 89.4 Å². The summed E-state index contributed by atoms with van der Waals surface area (Å²) in [6.45, 7) is 2.02. The van der Waals surface area contributed by atoms with E-state index < -0.39 is 22.7 Å².